The van der Waals surface area contributed by atoms with Crippen molar-refractivity contribution >= 4 is 29.5 Å². The molecule has 9 nitrogen and oxygen atoms in total. The van der Waals surface area contributed by atoms with Gasteiger partial charge in [-0.15, -0.1) is 11.8 Å². The highest BCUT2D eigenvalue weighted by molar-refractivity contribution is 8.00. The first-order valence-corrected chi connectivity index (χ1v) is 9.36. The summed E-state index contributed by atoms with van der Waals surface area (Å²) in [6.45, 7) is 1.91. The predicted octanol–water partition coefficient (Wildman–Crippen LogP) is -1.07. The highest BCUT2D eigenvalue weighted by atomic mass is 32.2. The fourth-order valence-electron chi connectivity index (χ4n) is 3.12. The molecule has 144 valence electrons. The van der Waals surface area contributed by atoms with E-state index >= 15 is 0 Å². The number of amides is 2. The molecule has 0 bridgehead atoms. The largest absolute Gasteiger partial charge is 0.477 e. The average molecular weight is 393 g/mol. The van der Waals surface area contributed by atoms with Gasteiger partial charge in [0.25, 0.3) is 5.91 Å². The lowest BCUT2D eigenvalue weighted by Crippen LogP contribution is -2.57. The molecule has 1 fully saturated rings. The molecule has 5 N–H and O–H groups in total. The van der Waals surface area contributed by atoms with Crippen molar-refractivity contribution in [3.63, 3.8) is 0 Å². The molecular weight excluding hydrogens is 372 g/mol. The lowest BCUT2D eigenvalue weighted by Gasteiger charge is -2.45. The molecule has 2 atom stereocenters. The zero-order chi connectivity index (χ0) is 19.7. The number of rotatable bonds is 6. The molecular formula is C17H21N4O5S+. The maximum Gasteiger partial charge on any atom is 0.352 e. The fraction of sp³-hybridized carbons (Fsp3) is 0.412. The summed E-state index contributed by atoms with van der Waals surface area (Å²) in [7, 11) is 0. The van der Waals surface area contributed by atoms with Crippen molar-refractivity contribution < 1.29 is 29.2 Å². The SMILES string of the molecule is Cc1cc[n+](CC2=C(C(=O)O)N3C(=O)CC3SC2N)cc1C(=O)NCCO. The summed E-state index contributed by atoms with van der Waals surface area (Å²) in [5.41, 5.74) is 7.68. The first-order valence-electron chi connectivity index (χ1n) is 8.41. The molecule has 1 saturated heterocycles. The molecule has 27 heavy (non-hydrogen) atoms. The van der Waals surface area contributed by atoms with E-state index in [2.05, 4.69) is 5.32 Å². The van der Waals surface area contributed by atoms with E-state index in [0.717, 1.165) is 5.56 Å². The van der Waals surface area contributed by atoms with Crippen molar-refractivity contribution in [2.75, 3.05) is 13.2 Å². The number of pyridine rings is 1. The third-order valence-electron chi connectivity index (χ3n) is 4.53. The number of aliphatic carboxylic acids is 1. The number of carboxylic acids is 1. The summed E-state index contributed by atoms with van der Waals surface area (Å²) in [6, 6.07) is 1.74. The van der Waals surface area contributed by atoms with Crippen LogP contribution in [0.4, 0.5) is 0 Å². The van der Waals surface area contributed by atoms with Crippen molar-refractivity contribution in [2.24, 2.45) is 5.73 Å². The topological polar surface area (TPSA) is 137 Å². The summed E-state index contributed by atoms with van der Waals surface area (Å²) in [5.74, 6) is -1.75. The Morgan fingerprint density at radius 2 is 2.22 bits per heavy atom. The number of hydrogen-bond acceptors (Lipinski definition) is 6. The molecule has 2 aliphatic rings. The standard InChI is InChI=1S/C17H20N4O5S/c1-9-2-4-20(7-10(9)16(24)19-3-5-22)8-11-14(17(25)26)21-12(23)6-13(21)27-15(11)18/h2,4,7,13,15,22H,3,5-6,8,18H2,1H3,(H-,19,24,25,26)/p+1. The average Bonchev–Trinajstić information content (AvgIpc) is 2.62. The molecule has 0 radical (unpaired) electrons. The maximum absolute atomic E-state index is 12.2. The Morgan fingerprint density at radius 1 is 1.48 bits per heavy atom. The molecule has 2 aliphatic heterocycles. The lowest BCUT2D eigenvalue weighted by molar-refractivity contribution is -0.689. The molecule has 2 amide bonds. The zero-order valence-electron chi connectivity index (χ0n) is 14.7. The van der Waals surface area contributed by atoms with Crippen LogP contribution in [0.25, 0.3) is 0 Å². The lowest BCUT2D eigenvalue weighted by atomic mass is 10.1. The monoisotopic (exact) mass is 393 g/mol. The summed E-state index contributed by atoms with van der Waals surface area (Å²) >= 11 is 1.35. The van der Waals surface area contributed by atoms with Crippen molar-refractivity contribution in [3.8, 4) is 0 Å². The normalized spacial score (nSPS) is 21.6. The Balaban J connectivity index is 1.93. The number of aromatic nitrogens is 1. The first-order chi connectivity index (χ1) is 12.8. The van der Waals surface area contributed by atoms with Crippen LogP contribution in [-0.4, -0.2) is 56.8 Å². The smallest absolute Gasteiger partial charge is 0.352 e. The van der Waals surface area contributed by atoms with Crippen LogP contribution in [0.1, 0.15) is 22.3 Å². The minimum absolute atomic E-state index is 0.0677. The van der Waals surface area contributed by atoms with E-state index in [1.54, 1.807) is 30.0 Å². The van der Waals surface area contributed by atoms with Crippen LogP contribution in [-0.2, 0) is 16.1 Å². The van der Waals surface area contributed by atoms with Gasteiger partial charge in [0.15, 0.2) is 18.9 Å². The Bertz CT molecular complexity index is 841. The van der Waals surface area contributed by atoms with Gasteiger partial charge in [0.1, 0.15) is 11.3 Å². The summed E-state index contributed by atoms with van der Waals surface area (Å²) in [6.07, 6.45) is 3.62. The van der Waals surface area contributed by atoms with E-state index in [1.165, 1.54) is 16.7 Å². The summed E-state index contributed by atoms with van der Waals surface area (Å²) in [4.78, 5) is 37.2. The third kappa shape index (κ3) is 3.68. The number of nitrogens with two attached hydrogens (primary N) is 1. The minimum Gasteiger partial charge on any atom is -0.477 e. The first kappa shape index (κ1) is 19.3. The van der Waals surface area contributed by atoms with Gasteiger partial charge in [-0.25, -0.2) is 9.36 Å². The molecule has 3 heterocycles. The number of fused-ring (bicyclic) bond motifs is 1. The Kier molecular flexibility index (Phi) is 5.49. The van der Waals surface area contributed by atoms with Gasteiger partial charge in [0.05, 0.1) is 29.3 Å². The van der Waals surface area contributed by atoms with Gasteiger partial charge in [0, 0.05) is 12.6 Å². The van der Waals surface area contributed by atoms with Crippen molar-refractivity contribution in [1.82, 2.24) is 10.2 Å². The van der Waals surface area contributed by atoms with E-state index in [1.807, 2.05) is 0 Å². The van der Waals surface area contributed by atoms with E-state index in [0.29, 0.717) is 11.1 Å². The molecule has 0 saturated carbocycles. The predicted molar refractivity (Wildman–Crippen MR) is 96.3 cm³/mol. The second-order valence-electron chi connectivity index (χ2n) is 6.35. The van der Waals surface area contributed by atoms with Crippen LogP contribution in [0.2, 0.25) is 0 Å². The molecule has 2 unspecified atom stereocenters. The number of nitrogens with zero attached hydrogens (tertiary/aromatic N) is 2. The fourth-order valence-corrected chi connectivity index (χ4v) is 4.39. The third-order valence-corrected chi connectivity index (χ3v) is 5.80. The van der Waals surface area contributed by atoms with Gasteiger partial charge in [-0.2, -0.15) is 0 Å². The molecule has 10 heteroatoms. The minimum atomic E-state index is -1.19. The van der Waals surface area contributed by atoms with Crippen LogP contribution in [0.3, 0.4) is 0 Å². The van der Waals surface area contributed by atoms with Gasteiger partial charge in [-0.05, 0) is 12.5 Å². The highest BCUT2D eigenvalue weighted by Crippen LogP contribution is 2.42. The van der Waals surface area contributed by atoms with E-state index in [-0.39, 0.29) is 49.0 Å². The number of aliphatic hydroxyl groups is 1. The van der Waals surface area contributed by atoms with E-state index in [9.17, 15) is 19.5 Å². The number of carbonyl (C=O) groups is 3. The molecule has 0 aromatic carbocycles. The zero-order valence-corrected chi connectivity index (χ0v) is 15.5. The second kappa shape index (κ2) is 7.67. The molecule has 1 aromatic rings. The highest BCUT2D eigenvalue weighted by Gasteiger charge is 2.48. The van der Waals surface area contributed by atoms with Crippen molar-refractivity contribution in [1.29, 1.82) is 0 Å². The van der Waals surface area contributed by atoms with E-state index in [4.69, 9.17) is 10.8 Å². The second-order valence-corrected chi connectivity index (χ2v) is 7.68. The van der Waals surface area contributed by atoms with Crippen molar-refractivity contribution in [3.05, 3.63) is 40.9 Å². The van der Waals surface area contributed by atoms with Crippen LogP contribution >= 0.6 is 11.8 Å². The molecule has 3 rings (SSSR count). The van der Waals surface area contributed by atoms with Crippen LogP contribution in [0.5, 0.6) is 0 Å². The van der Waals surface area contributed by atoms with E-state index < -0.39 is 11.3 Å². The number of aryl methyl sites for hydroxylation is 1. The quantitative estimate of drug-likeness (QED) is 0.357. The van der Waals surface area contributed by atoms with Gasteiger partial charge >= 0.3 is 5.97 Å². The number of hydrogen-bond donors (Lipinski definition) is 4. The van der Waals surface area contributed by atoms with Gasteiger partial charge < -0.3 is 21.3 Å². The van der Waals surface area contributed by atoms with Gasteiger partial charge in [-0.1, -0.05) is 0 Å². The van der Waals surface area contributed by atoms with Gasteiger partial charge in [0.2, 0.25) is 5.91 Å². The number of nitrogens with one attached hydrogen (secondary N) is 1. The summed E-state index contributed by atoms with van der Waals surface area (Å²) in [5, 5.41) is 20.3. The number of aliphatic hydroxyl groups excluding tert-OH is 1. The van der Waals surface area contributed by atoms with Crippen LogP contribution < -0.4 is 15.6 Å². The number of β-lactam (4-membered cyclic amide) rings is 1. The van der Waals surface area contributed by atoms with Crippen LogP contribution in [0, 0.1) is 6.92 Å². The number of thioether (sulfide) groups is 1. The Labute approximate surface area is 159 Å². The number of carbonyl (C=O) groups excluding carboxylic acids is 2. The molecule has 0 spiro atoms. The summed E-state index contributed by atoms with van der Waals surface area (Å²) < 4.78 is 1.67. The Hall–Kier alpha value is -2.43. The molecule has 0 aliphatic carbocycles. The van der Waals surface area contributed by atoms with Gasteiger partial charge in [-0.3, -0.25) is 14.5 Å². The Morgan fingerprint density at radius 3 is 2.85 bits per heavy atom. The van der Waals surface area contributed by atoms with Crippen LogP contribution in [0.15, 0.2) is 29.7 Å². The van der Waals surface area contributed by atoms with Crippen molar-refractivity contribution in [2.45, 2.75) is 30.6 Å². The number of carboxylic acid groups (broad SMARTS) is 1. The maximum atomic E-state index is 12.2. The molecule has 1 aromatic heterocycles.